The minimum atomic E-state index is -1.54. The molecule has 0 radical (unpaired) electrons. The Morgan fingerprint density at radius 2 is 1.19 bits per heavy atom. The molecule has 1 rings (SSSR count). The second kappa shape index (κ2) is 25.5. The van der Waals surface area contributed by atoms with Crippen molar-refractivity contribution >= 4 is 5.91 Å². The summed E-state index contributed by atoms with van der Waals surface area (Å²) in [4.78, 5) is 12.7. The number of hydrogen-bond donors (Lipinski definition) is 6. The van der Waals surface area contributed by atoms with Gasteiger partial charge in [0.1, 0.15) is 24.4 Å². The van der Waals surface area contributed by atoms with E-state index in [2.05, 4.69) is 19.2 Å². The number of aliphatic hydroxyl groups excluding tert-OH is 5. The van der Waals surface area contributed by atoms with Crippen LogP contribution in [0.2, 0.25) is 0 Å². The van der Waals surface area contributed by atoms with Gasteiger partial charge >= 0.3 is 0 Å². The fourth-order valence-electron chi connectivity index (χ4n) is 5.57. The monoisotopic (exact) mass is 603 g/mol. The molecule has 2 unspecified atom stereocenters. The summed E-state index contributed by atoms with van der Waals surface area (Å²) in [5.41, 5.74) is 0. The molecule has 1 heterocycles. The molecule has 0 aliphatic carbocycles. The first-order chi connectivity index (χ1) is 20.3. The molecule has 250 valence electrons. The Morgan fingerprint density at radius 1 is 0.714 bits per heavy atom. The lowest BCUT2D eigenvalue weighted by atomic mass is 9.99. The van der Waals surface area contributed by atoms with Crippen LogP contribution in [0.4, 0.5) is 0 Å². The van der Waals surface area contributed by atoms with Crippen molar-refractivity contribution < 1.29 is 39.8 Å². The van der Waals surface area contributed by atoms with Crippen molar-refractivity contribution in [1.29, 1.82) is 0 Å². The van der Waals surface area contributed by atoms with E-state index < -0.39 is 49.5 Å². The number of ether oxygens (including phenoxy) is 2. The molecule has 1 aliphatic heterocycles. The number of carbonyl (C=O) groups excluding carboxylic acids is 1. The molecule has 0 spiro atoms. The summed E-state index contributed by atoms with van der Waals surface area (Å²) in [6.07, 6.45) is 15.6. The molecule has 1 saturated heterocycles. The fraction of sp³-hybridized carbons (Fsp3) is 0.970. The molecule has 0 saturated carbocycles. The summed E-state index contributed by atoms with van der Waals surface area (Å²) >= 11 is 0. The molecule has 1 fully saturated rings. The molecule has 9 heteroatoms. The number of nitrogens with one attached hydrogen (secondary N) is 1. The van der Waals surface area contributed by atoms with E-state index in [0.717, 1.165) is 38.5 Å². The average Bonchev–Trinajstić information content (AvgIpc) is 2.98. The van der Waals surface area contributed by atoms with Crippen LogP contribution in [0.25, 0.3) is 0 Å². The molecule has 42 heavy (non-hydrogen) atoms. The standard InChI is InChI=1S/C33H65NO8/c1-3-5-7-9-11-12-13-14-15-17-18-20-22-27(36)26(34-29(37)23-21-19-16-10-8-6-4-2)25-41-33-32(40)31(39)30(38)28(24-35)42-33/h26-28,30-33,35-36,38-40H,3-25H2,1-2H3,(H,34,37)/t26-,27+,28+,30+,31?,32?,33+/m0/s1. The molecule has 6 N–H and O–H groups in total. The second-order valence-electron chi connectivity index (χ2n) is 12.3. The van der Waals surface area contributed by atoms with Crippen LogP contribution in [0, 0.1) is 0 Å². The first kappa shape index (κ1) is 39.2. The highest BCUT2D eigenvalue weighted by molar-refractivity contribution is 5.76. The molecule has 0 aromatic heterocycles. The Hall–Kier alpha value is -0.810. The summed E-state index contributed by atoms with van der Waals surface area (Å²) in [5.74, 6) is -0.153. The summed E-state index contributed by atoms with van der Waals surface area (Å²) in [6.45, 7) is 3.75. The van der Waals surface area contributed by atoms with Gasteiger partial charge in [0.2, 0.25) is 5.91 Å². The van der Waals surface area contributed by atoms with E-state index in [4.69, 9.17) is 9.47 Å². The van der Waals surface area contributed by atoms with E-state index in [9.17, 15) is 30.3 Å². The Kier molecular flexibility index (Phi) is 23.8. The van der Waals surface area contributed by atoms with Gasteiger partial charge in [0.25, 0.3) is 0 Å². The zero-order valence-corrected chi connectivity index (χ0v) is 26.8. The van der Waals surface area contributed by atoms with Gasteiger partial charge in [0.05, 0.1) is 25.4 Å². The quantitative estimate of drug-likeness (QED) is 0.0728. The third kappa shape index (κ3) is 17.5. The summed E-state index contributed by atoms with van der Waals surface area (Å²) in [6, 6.07) is -0.706. The van der Waals surface area contributed by atoms with E-state index in [1.165, 1.54) is 83.5 Å². The Bertz CT molecular complexity index is 637. The molecule has 0 bridgehead atoms. The van der Waals surface area contributed by atoms with E-state index in [-0.39, 0.29) is 12.5 Å². The van der Waals surface area contributed by atoms with Crippen molar-refractivity contribution in [3.63, 3.8) is 0 Å². The zero-order chi connectivity index (χ0) is 31.0. The van der Waals surface area contributed by atoms with Crippen molar-refractivity contribution in [2.24, 2.45) is 0 Å². The van der Waals surface area contributed by atoms with Crippen molar-refractivity contribution in [2.45, 2.75) is 192 Å². The first-order valence-electron chi connectivity index (χ1n) is 17.2. The Labute approximate surface area is 255 Å². The maximum Gasteiger partial charge on any atom is 0.220 e. The lowest BCUT2D eigenvalue weighted by Gasteiger charge is -2.40. The van der Waals surface area contributed by atoms with Gasteiger partial charge in [-0.1, -0.05) is 129 Å². The molecule has 0 aromatic carbocycles. The van der Waals surface area contributed by atoms with Gasteiger partial charge in [-0.05, 0) is 12.8 Å². The van der Waals surface area contributed by atoms with Gasteiger partial charge in [0, 0.05) is 6.42 Å². The van der Waals surface area contributed by atoms with Crippen LogP contribution < -0.4 is 5.32 Å². The molecule has 1 aliphatic rings. The molecule has 0 aromatic rings. The summed E-state index contributed by atoms with van der Waals surface area (Å²) < 4.78 is 11.1. The minimum Gasteiger partial charge on any atom is -0.394 e. The Balaban J connectivity index is 2.46. The molecular formula is C33H65NO8. The number of aliphatic hydroxyl groups is 5. The van der Waals surface area contributed by atoms with E-state index >= 15 is 0 Å². The van der Waals surface area contributed by atoms with Gasteiger partial charge < -0.3 is 40.3 Å². The van der Waals surface area contributed by atoms with Gasteiger partial charge in [0.15, 0.2) is 6.29 Å². The maximum absolute atomic E-state index is 12.7. The average molecular weight is 604 g/mol. The first-order valence-corrected chi connectivity index (χ1v) is 17.2. The second-order valence-corrected chi connectivity index (χ2v) is 12.3. The number of carbonyl (C=O) groups is 1. The van der Waals surface area contributed by atoms with Crippen LogP contribution in [0.5, 0.6) is 0 Å². The van der Waals surface area contributed by atoms with Gasteiger partial charge in [-0.15, -0.1) is 0 Å². The predicted octanol–water partition coefficient (Wildman–Crippen LogP) is 4.88. The molecule has 9 nitrogen and oxygen atoms in total. The summed E-state index contributed by atoms with van der Waals surface area (Å²) in [7, 11) is 0. The van der Waals surface area contributed by atoms with E-state index in [1.54, 1.807) is 0 Å². The smallest absolute Gasteiger partial charge is 0.220 e. The highest BCUT2D eigenvalue weighted by Gasteiger charge is 2.44. The molecule has 1 amide bonds. The number of unbranched alkanes of at least 4 members (excludes halogenated alkanes) is 17. The largest absolute Gasteiger partial charge is 0.394 e. The van der Waals surface area contributed by atoms with Crippen LogP contribution in [0.1, 0.15) is 149 Å². The fourth-order valence-corrected chi connectivity index (χ4v) is 5.57. The van der Waals surface area contributed by atoms with Gasteiger partial charge in [-0.2, -0.15) is 0 Å². The molecular weight excluding hydrogens is 538 g/mol. The van der Waals surface area contributed by atoms with Crippen LogP contribution in [0.15, 0.2) is 0 Å². The summed E-state index contributed by atoms with van der Waals surface area (Å²) in [5, 5.41) is 53.7. The normalized spacial score (nSPS) is 24.0. The van der Waals surface area contributed by atoms with Crippen molar-refractivity contribution in [2.75, 3.05) is 13.2 Å². The van der Waals surface area contributed by atoms with Crippen LogP contribution in [-0.2, 0) is 14.3 Å². The van der Waals surface area contributed by atoms with Crippen molar-refractivity contribution in [3.05, 3.63) is 0 Å². The number of hydrogen-bond acceptors (Lipinski definition) is 8. The van der Waals surface area contributed by atoms with Gasteiger partial charge in [-0.25, -0.2) is 0 Å². The van der Waals surface area contributed by atoms with E-state index in [1.807, 2.05) is 0 Å². The third-order valence-electron chi connectivity index (χ3n) is 8.46. The Morgan fingerprint density at radius 3 is 1.69 bits per heavy atom. The predicted molar refractivity (Wildman–Crippen MR) is 166 cm³/mol. The van der Waals surface area contributed by atoms with E-state index in [0.29, 0.717) is 12.8 Å². The van der Waals surface area contributed by atoms with Crippen molar-refractivity contribution in [3.8, 4) is 0 Å². The third-order valence-corrected chi connectivity index (χ3v) is 8.46. The number of rotatable bonds is 27. The van der Waals surface area contributed by atoms with Crippen LogP contribution >= 0.6 is 0 Å². The highest BCUT2D eigenvalue weighted by Crippen LogP contribution is 2.23. The SMILES string of the molecule is CCCCCCCCCCCCCC[C@@H](O)[C@H](CO[C@@H]1O[C@H](CO)[C@@H](O)C(O)C1O)NC(=O)CCCCCCCCC. The molecule has 7 atom stereocenters. The topological polar surface area (TPSA) is 149 Å². The van der Waals surface area contributed by atoms with Crippen LogP contribution in [-0.4, -0.2) is 87.5 Å². The highest BCUT2D eigenvalue weighted by atomic mass is 16.7. The maximum atomic E-state index is 12.7. The lowest BCUT2D eigenvalue weighted by Crippen LogP contribution is -2.60. The zero-order valence-electron chi connectivity index (χ0n) is 26.8. The minimum absolute atomic E-state index is 0.134. The van der Waals surface area contributed by atoms with Crippen LogP contribution in [0.3, 0.4) is 0 Å². The van der Waals surface area contributed by atoms with Gasteiger partial charge in [-0.3, -0.25) is 4.79 Å². The number of amides is 1. The van der Waals surface area contributed by atoms with Crippen molar-refractivity contribution in [1.82, 2.24) is 5.32 Å². The lowest BCUT2D eigenvalue weighted by molar-refractivity contribution is -0.302.